The van der Waals surface area contributed by atoms with Gasteiger partial charge in [0.15, 0.2) is 0 Å². The van der Waals surface area contributed by atoms with E-state index in [2.05, 4.69) is 26.1 Å². The summed E-state index contributed by atoms with van der Waals surface area (Å²) >= 11 is 0. The normalized spacial score (nSPS) is 12.7. The van der Waals surface area contributed by atoms with Crippen molar-refractivity contribution in [2.75, 3.05) is 13.1 Å². The highest BCUT2D eigenvalue weighted by atomic mass is 14.8. The van der Waals surface area contributed by atoms with E-state index in [9.17, 15) is 0 Å². The smallest absolute Gasteiger partial charge is 0.00232 e. The molecule has 0 aliphatic carbocycles. The highest BCUT2D eigenvalue weighted by molar-refractivity contribution is 4.56. The quantitative estimate of drug-likeness (QED) is 0.294. The van der Waals surface area contributed by atoms with Crippen molar-refractivity contribution in [1.82, 2.24) is 5.32 Å². The average Bonchev–Trinajstić information content (AvgIpc) is 2.48. The molecule has 1 nitrogen and oxygen atoms in total. The SMILES string of the molecule is CCCCCCCCCCCCCCNCC(C)CCC. The molecular weight excluding hydrogens is 254 g/mol. The van der Waals surface area contributed by atoms with E-state index in [0.717, 1.165) is 5.92 Å². The molecule has 1 unspecified atom stereocenters. The summed E-state index contributed by atoms with van der Waals surface area (Å²) in [4.78, 5) is 0. The number of nitrogens with one attached hydrogen (secondary N) is 1. The van der Waals surface area contributed by atoms with Crippen LogP contribution in [-0.4, -0.2) is 13.1 Å². The lowest BCUT2D eigenvalue weighted by Gasteiger charge is -2.11. The van der Waals surface area contributed by atoms with Crippen LogP contribution >= 0.6 is 0 Å². The van der Waals surface area contributed by atoms with E-state index >= 15 is 0 Å². The molecule has 0 amide bonds. The lowest BCUT2D eigenvalue weighted by molar-refractivity contribution is 0.465. The first-order chi connectivity index (χ1) is 10.3. The molecular formula is C20H43N. The third kappa shape index (κ3) is 17.9. The Morgan fingerprint density at radius 1 is 0.619 bits per heavy atom. The van der Waals surface area contributed by atoms with Crippen LogP contribution in [-0.2, 0) is 0 Å². The minimum absolute atomic E-state index is 0.854. The number of hydrogen-bond acceptors (Lipinski definition) is 1. The van der Waals surface area contributed by atoms with Gasteiger partial charge in [0.1, 0.15) is 0 Å². The number of rotatable bonds is 17. The van der Waals surface area contributed by atoms with Crippen LogP contribution in [0.4, 0.5) is 0 Å². The molecule has 1 N–H and O–H groups in total. The van der Waals surface area contributed by atoms with Gasteiger partial charge in [-0.2, -0.15) is 0 Å². The predicted molar refractivity (Wildman–Crippen MR) is 98.0 cm³/mol. The Morgan fingerprint density at radius 2 is 1.10 bits per heavy atom. The van der Waals surface area contributed by atoms with Gasteiger partial charge < -0.3 is 5.32 Å². The monoisotopic (exact) mass is 297 g/mol. The Balaban J connectivity index is 2.99. The molecule has 0 radical (unpaired) electrons. The van der Waals surface area contributed by atoms with Gasteiger partial charge in [0.2, 0.25) is 0 Å². The average molecular weight is 298 g/mol. The largest absolute Gasteiger partial charge is 0.316 e. The molecule has 1 atom stereocenters. The maximum Gasteiger partial charge on any atom is -0.00232 e. The summed E-state index contributed by atoms with van der Waals surface area (Å²) in [5.74, 6) is 0.854. The zero-order valence-corrected chi connectivity index (χ0v) is 15.4. The van der Waals surface area contributed by atoms with Crippen LogP contribution in [0.2, 0.25) is 0 Å². The fourth-order valence-corrected chi connectivity index (χ4v) is 3.03. The molecule has 0 heterocycles. The molecule has 0 aliphatic heterocycles. The van der Waals surface area contributed by atoms with E-state index in [-0.39, 0.29) is 0 Å². The Kier molecular flexibility index (Phi) is 18.0. The molecule has 0 saturated heterocycles. The predicted octanol–water partition coefficient (Wildman–Crippen LogP) is 6.71. The molecule has 0 rings (SSSR count). The van der Waals surface area contributed by atoms with Gasteiger partial charge in [-0.1, -0.05) is 97.8 Å². The van der Waals surface area contributed by atoms with Crippen LogP contribution in [0.25, 0.3) is 0 Å². The van der Waals surface area contributed by atoms with Crippen LogP contribution in [0.3, 0.4) is 0 Å². The van der Waals surface area contributed by atoms with Crippen LogP contribution in [0.15, 0.2) is 0 Å². The molecule has 0 aliphatic rings. The lowest BCUT2D eigenvalue weighted by atomic mass is 10.0. The Labute approximate surface area is 135 Å². The second-order valence-electron chi connectivity index (χ2n) is 6.99. The first kappa shape index (κ1) is 21.0. The minimum atomic E-state index is 0.854. The topological polar surface area (TPSA) is 12.0 Å². The number of hydrogen-bond donors (Lipinski definition) is 1. The van der Waals surface area contributed by atoms with Gasteiger partial charge in [-0.05, 0) is 31.8 Å². The Bertz CT molecular complexity index is 179. The van der Waals surface area contributed by atoms with E-state index in [0.29, 0.717) is 0 Å². The highest BCUT2D eigenvalue weighted by Gasteiger charge is 1.99. The van der Waals surface area contributed by atoms with E-state index in [1.54, 1.807) is 0 Å². The van der Waals surface area contributed by atoms with Gasteiger partial charge in [-0.15, -0.1) is 0 Å². The zero-order valence-electron chi connectivity index (χ0n) is 15.4. The van der Waals surface area contributed by atoms with Gasteiger partial charge in [-0.25, -0.2) is 0 Å². The van der Waals surface area contributed by atoms with Gasteiger partial charge in [0, 0.05) is 0 Å². The molecule has 0 fully saturated rings. The van der Waals surface area contributed by atoms with E-state index in [4.69, 9.17) is 0 Å². The van der Waals surface area contributed by atoms with Gasteiger partial charge in [0.25, 0.3) is 0 Å². The summed E-state index contributed by atoms with van der Waals surface area (Å²) in [5.41, 5.74) is 0. The highest BCUT2D eigenvalue weighted by Crippen LogP contribution is 2.11. The van der Waals surface area contributed by atoms with Crippen molar-refractivity contribution < 1.29 is 0 Å². The van der Waals surface area contributed by atoms with Crippen molar-refractivity contribution in [2.24, 2.45) is 5.92 Å². The zero-order chi connectivity index (χ0) is 15.6. The summed E-state index contributed by atoms with van der Waals surface area (Å²) in [6.07, 6.45) is 20.0. The molecule has 1 heteroatoms. The first-order valence-electron chi connectivity index (χ1n) is 10.0. The van der Waals surface area contributed by atoms with E-state index < -0.39 is 0 Å². The summed E-state index contributed by atoms with van der Waals surface area (Å²) in [7, 11) is 0. The molecule has 0 spiro atoms. The van der Waals surface area contributed by atoms with Crippen molar-refractivity contribution in [2.45, 2.75) is 111 Å². The van der Waals surface area contributed by atoms with Crippen LogP contribution in [0, 0.1) is 5.92 Å². The fraction of sp³-hybridized carbons (Fsp3) is 1.00. The maximum atomic E-state index is 3.61. The van der Waals surface area contributed by atoms with Crippen LogP contribution in [0.1, 0.15) is 111 Å². The minimum Gasteiger partial charge on any atom is -0.316 e. The van der Waals surface area contributed by atoms with Gasteiger partial charge in [0.05, 0.1) is 0 Å². The maximum absolute atomic E-state index is 3.61. The van der Waals surface area contributed by atoms with Crippen molar-refractivity contribution >= 4 is 0 Å². The molecule has 0 saturated carbocycles. The van der Waals surface area contributed by atoms with Crippen molar-refractivity contribution in [3.63, 3.8) is 0 Å². The molecule has 0 aromatic heterocycles. The van der Waals surface area contributed by atoms with E-state index in [1.807, 2.05) is 0 Å². The van der Waals surface area contributed by atoms with Gasteiger partial charge in [-0.3, -0.25) is 0 Å². The van der Waals surface area contributed by atoms with E-state index in [1.165, 1.54) is 103 Å². The molecule has 0 aromatic rings. The first-order valence-corrected chi connectivity index (χ1v) is 10.0. The third-order valence-electron chi connectivity index (χ3n) is 4.48. The Hall–Kier alpha value is -0.0400. The van der Waals surface area contributed by atoms with Crippen LogP contribution < -0.4 is 5.32 Å². The summed E-state index contributed by atoms with van der Waals surface area (Å²) in [5, 5.41) is 3.61. The van der Waals surface area contributed by atoms with Crippen molar-refractivity contribution in [3.8, 4) is 0 Å². The van der Waals surface area contributed by atoms with Gasteiger partial charge >= 0.3 is 0 Å². The summed E-state index contributed by atoms with van der Waals surface area (Å²) in [6, 6.07) is 0. The summed E-state index contributed by atoms with van der Waals surface area (Å²) in [6.45, 7) is 9.37. The molecule has 0 aromatic carbocycles. The third-order valence-corrected chi connectivity index (χ3v) is 4.48. The summed E-state index contributed by atoms with van der Waals surface area (Å²) < 4.78 is 0. The number of unbranched alkanes of at least 4 members (excludes halogenated alkanes) is 11. The fourth-order valence-electron chi connectivity index (χ4n) is 3.03. The second-order valence-corrected chi connectivity index (χ2v) is 6.99. The van der Waals surface area contributed by atoms with Crippen LogP contribution in [0.5, 0.6) is 0 Å². The molecule has 128 valence electrons. The Morgan fingerprint density at radius 3 is 1.57 bits per heavy atom. The van der Waals surface area contributed by atoms with Crippen molar-refractivity contribution in [1.29, 1.82) is 0 Å². The second kappa shape index (κ2) is 18.0. The standard InChI is InChI=1S/C20H43N/c1-4-6-7-8-9-10-11-12-13-14-15-16-18-21-19-20(3)17-5-2/h20-21H,4-19H2,1-3H3. The lowest BCUT2D eigenvalue weighted by Crippen LogP contribution is -2.22. The molecule has 0 bridgehead atoms. The molecule has 21 heavy (non-hydrogen) atoms. The van der Waals surface area contributed by atoms with Crippen molar-refractivity contribution in [3.05, 3.63) is 0 Å².